The fourth-order valence-corrected chi connectivity index (χ4v) is 4.08. The van der Waals surface area contributed by atoms with Crippen LogP contribution in [0.25, 0.3) is 0 Å². The second kappa shape index (κ2) is 12.0. The van der Waals surface area contributed by atoms with Crippen LogP contribution in [0.3, 0.4) is 0 Å². The lowest BCUT2D eigenvalue weighted by Crippen LogP contribution is -2.44. The van der Waals surface area contributed by atoms with Crippen molar-refractivity contribution < 1.29 is 5.11 Å². The van der Waals surface area contributed by atoms with E-state index in [9.17, 15) is 5.11 Å². The molecule has 2 aliphatic rings. The summed E-state index contributed by atoms with van der Waals surface area (Å²) in [7, 11) is 1.85. The van der Waals surface area contributed by atoms with Gasteiger partial charge in [0.05, 0.1) is 6.10 Å². The predicted molar refractivity (Wildman–Crippen MR) is 127 cm³/mol. The maximum absolute atomic E-state index is 9.62. The SMILES string of the molecule is CN=C(NCc1ccc(CN2CCC(O)CC2)cc1)NC1CCC(C)CC1.I. The molecule has 1 aliphatic heterocycles. The van der Waals surface area contributed by atoms with Crippen LogP contribution in [0.1, 0.15) is 56.6 Å². The summed E-state index contributed by atoms with van der Waals surface area (Å²) in [5.41, 5.74) is 2.61. The molecule has 6 heteroatoms. The first-order chi connectivity index (χ1) is 13.1. The molecule has 0 bridgehead atoms. The van der Waals surface area contributed by atoms with Crippen molar-refractivity contribution in [2.24, 2.45) is 10.9 Å². The van der Waals surface area contributed by atoms with Crippen LogP contribution in [-0.2, 0) is 13.1 Å². The van der Waals surface area contributed by atoms with Crippen LogP contribution in [0, 0.1) is 5.92 Å². The summed E-state index contributed by atoms with van der Waals surface area (Å²) in [6, 6.07) is 9.41. The highest BCUT2D eigenvalue weighted by molar-refractivity contribution is 14.0. The van der Waals surface area contributed by atoms with Crippen molar-refractivity contribution in [3.8, 4) is 0 Å². The first-order valence-electron chi connectivity index (χ1n) is 10.6. The summed E-state index contributed by atoms with van der Waals surface area (Å²) >= 11 is 0. The quantitative estimate of drug-likeness (QED) is 0.329. The van der Waals surface area contributed by atoms with Crippen LogP contribution >= 0.6 is 24.0 Å². The van der Waals surface area contributed by atoms with Gasteiger partial charge in [0.1, 0.15) is 0 Å². The molecule has 0 radical (unpaired) electrons. The lowest BCUT2D eigenvalue weighted by atomic mass is 9.87. The van der Waals surface area contributed by atoms with Gasteiger partial charge in [0.15, 0.2) is 5.96 Å². The Kier molecular flexibility index (Phi) is 10.0. The smallest absolute Gasteiger partial charge is 0.191 e. The maximum Gasteiger partial charge on any atom is 0.191 e. The third-order valence-corrected chi connectivity index (χ3v) is 6.03. The van der Waals surface area contributed by atoms with E-state index in [-0.39, 0.29) is 30.1 Å². The number of rotatable bonds is 5. The van der Waals surface area contributed by atoms with Gasteiger partial charge in [0.2, 0.25) is 0 Å². The highest BCUT2D eigenvalue weighted by Gasteiger charge is 2.19. The molecule has 2 fully saturated rings. The van der Waals surface area contributed by atoms with Crippen LogP contribution in [0.5, 0.6) is 0 Å². The summed E-state index contributed by atoms with van der Waals surface area (Å²) in [4.78, 5) is 6.81. The van der Waals surface area contributed by atoms with Gasteiger partial charge in [0, 0.05) is 39.3 Å². The van der Waals surface area contributed by atoms with Crippen molar-refractivity contribution in [1.82, 2.24) is 15.5 Å². The Labute approximate surface area is 187 Å². The number of benzene rings is 1. The van der Waals surface area contributed by atoms with E-state index in [0.29, 0.717) is 6.04 Å². The number of aliphatic hydroxyl groups excluding tert-OH is 1. The van der Waals surface area contributed by atoms with Crippen molar-refractivity contribution >= 4 is 29.9 Å². The minimum Gasteiger partial charge on any atom is -0.393 e. The lowest BCUT2D eigenvalue weighted by Gasteiger charge is -2.29. The zero-order valence-electron chi connectivity index (χ0n) is 17.4. The van der Waals surface area contributed by atoms with Gasteiger partial charge in [-0.15, -0.1) is 24.0 Å². The van der Waals surface area contributed by atoms with Crippen LogP contribution < -0.4 is 10.6 Å². The number of piperidine rings is 1. The molecule has 1 saturated carbocycles. The van der Waals surface area contributed by atoms with Crippen LogP contribution in [0.15, 0.2) is 29.3 Å². The zero-order valence-corrected chi connectivity index (χ0v) is 19.7. The number of nitrogens with one attached hydrogen (secondary N) is 2. The Hall–Kier alpha value is -0.860. The standard InChI is InChI=1S/C22H36N4O.HI/c1-17-3-9-20(10-4-17)25-22(23-2)24-15-18-5-7-19(8-6-18)16-26-13-11-21(27)12-14-26;/h5-8,17,20-21,27H,3-4,9-16H2,1-2H3,(H2,23,24,25);1H. The molecule has 1 aromatic rings. The summed E-state index contributed by atoms with van der Waals surface area (Å²) < 4.78 is 0. The number of aliphatic hydroxyl groups is 1. The first-order valence-corrected chi connectivity index (χ1v) is 10.6. The number of aliphatic imine (C=N–C) groups is 1. The van der Waals surface area contributed by atoms with Crippen molar-refractivity contribution in [2.45, 2.75) is 70.7 Å². The first kappa shape index (κ1) is 23.4. The summed E-state index contributed by atoms with van der Waals surface area (Å²) in [6.07, 6.45) is 6.80. The Balaban J connectivity index is 0.00000280. The molecule has 0 spiro atoms. The number of likely N-dealkylation sites (tertiary alicyclic amines) is 1. The minimum atomic E-state index is -0.102. The van der Waals surface area contributed by atoms with Gasteiger partial charge in [0.25, 0.3) is 0 Å². The number of guanidine groups is 1. The number of halogens is 1. The highest BCUT2D eigenvalue weighted by atomic mass is 127. The van der Waals surface area contributed by atoms with Gasteiger partial charge >= 0.3 is 0 Å². The molecular formula is C22H37IN4O. The van der Waals surface area contributed by atoms with Gasteiger partial charge in [-0.05, 0) is 55.6 Å². The Morgan fingerprint density at radius 3 is 2.25 bits per heavy atom. The summed E-state index contributed by atoms with van der Waals surface area (Å²) in [5, 5.41) is 16.6. The molecule has 1 saturated heterocycles. The Bertz CT molecular complexity index is 591. The Morgan fingerprint density at radius 1 is 1.04 bits per heavy atom. The molecule has 5 nitrogen and oxygen atoms in total. The molecule has 28 heavy (non-hydrogen) atoms. The van der Waals surface area contributed by atoms with Crippen molar-refractivity contribution in [1.29, 1.82) is 0 Å². The van der Waals surface area contributed by atoms with Crippen LogP contribution in [0.4, 0.5) is 0 Å². The molecule has 0 unspecified atom stereocenters. The van der Waals surface area contributed by atoms with Gasteiger partial charge < -0.3 is 15.7 Å². The van der Waals surface area contributed by atoms with E-state index in [0.717, 1.165) is 50.9 Å². The predicted octanol–water partition coefficient (Wildman–Crippen LogP) is 3.51. The van der Waals surface area contributed by atoms with E-state index in [1.54, 1.807) is 0 Å². The summed E-state index contributed by atoms with van der Waals surface area (Å²) in [6.45, 7) is 6.10. The van der Waals surface area contributed by atoms with E-state index in [2.05, 4.69) is 51.7 Å². The van der Waals surface area contributed by atoms with E-state index >= 15 is 0 Å². The average molecular weight is 500 g/mol. The monoisotopic (exact) mass is 500 g/mol. The topological polar surface area (TPSA) is 59.9 Å². The fourth-order valence-electron chi connectivity index (χ4n) is 4.08. The van der Waals surface area contributed by atoms with E-state index in [1.807, 2.05) is 7.05 Å². The molecule has 158 valence electrons. The van der Waals surface area contributed by atoms with E-state index in [4.69, 9.17) is 0 Å². The van der Waals surface area contributed by atoms with E-state index < -0.39 is 0 Å². The van der Waals surface area contributed by atoms with Gasteiger partial charge in [-0.25, -0.2) is 0 Å². The molecule has 0 atom stereocenters. The molecule has 3 N–H and O–H groups in total. The highest BCUT2D eigenvalue weighted by Crippen LogP contribution is 2.23. The number of nitrogens with zero attached hydrogens (tertiary/aromatic N) is 2. The second-order valence-corrected chi connectivity index (χ2v) is 8.35. The largest absolute Gasteiger partial charge is 0.393 e. The molecule has 3 rings (SSSR count). The second-order valence-electron chi connectivity index (χ2n) is 8.35. The molecule has 1 aliphatic carbocycles. The average Bonchev–Trinajstić information content (AvgIpc) is 2.69. The van der Waals surface area contributed by atoms with Crippen LogP contribution in [-0.4, -0.2) is 48.2 Å². The molecule has 0 aromatic heterocycles. The van der Waals surface area contributed by atoms with Crippen LogP contribution in [0.2, 0.25) is 0 Å². The zero-order chi connectivity index (χ0) is 19.1. The maximum atomic E-state index is 9.62. The summed E-state index contributed by atoms with van der Waals surface area (Å²) in [5.74, 6) is 1.78. The minimum absolute atomic E-state index is 0. The Morgan fingerprint density at radius 2 is 1.64 bits per heavy atom. The number of hydrogen-bond donors (Lipinski definition) is 3. The van der Waals surface area contributed by atoms with Crippen molar-refractivity contribution in [2.75, 3.05) is 20.1 Å². The van der Waals surface area contributed by atoms with Gasteiger partial charge in [-0.1, -0.05) is 31.2 Å². The lowest BCUT2D eigenvalue weighted by molar-refractivity contribution is 0.0792. The van der Waals surface area contributed by atoms with E-state index in [1.165, 1.54) is 36.8 Å². The molecular weight excluding hydrogens is 463 g/mol. The normalized spacial score (nSPS) is 24.5. The number of hydrogen-bond acceptors (Lipinski definition) is 3. The van der Waals surface area contributed by atoms with Crippen molar-refractivity contribution in [3.05, 3.63) is 35.4 Å². The molecule has 1 heterocycles. The van der Waals surface area contributed by atoms with Gasteiger partial charge in [-0.2, -0.15) is 0 Å². The fraction of sp³-hybridized carbons (Fsp3) is 0.682. The third kappa shape index (κ3) is 7.52. The molecule has 0 amide bonds. The third-order valence-electron chi connectivity index (χ3n) is 6.03. The van der Waals surface area contributed by atoms with Crippen molar-refractivity contribution in [3.63, 3.8) is 0 Å². The molecule has 1 aromatic carbocycles. The van der Waals surface area contributed by atoms with Gasteiger partial charge in [-0.3, -0.25) is 9.89 Å².